The molecule has 0 bridgehead atoms. The molecule has 0 spiro atoms. The van der Waals surface area contributed by atoms with Crippen molar-refractivity contribution < 1.29 is 9.47 Å². The molecule has 0 saturated carbocycles. The lowest BCUT2D eigenvalue weighted by molar-refractivity contribution is -0.107. The molecule has 0 aromatic carbocycles. The van der Waals surface area contributed by atoms with Crippen molar-refractivity contribution in [3.05, 3.63) is 23.8 Å². The minimum absolute atomic E-state index is 0.0187. The fraction of sp³-hybridized carbons (Fsp3) is 0.636. The number of ether oxygens (including phenoxy) is 2. The van der Waals surface area contributed by atoms with Crippen LogP contribution in [0, 0.1) is 5.41 Å². The first-order valence-electron chi connectivity index (χ1n) is 5.06. The summed E-state index contributed by atoms with van der Waals surface area (Å²) in [5.41, 5.74) is 6.74. The third kappa shape index (κ3) is 1.75. The van der Waals surface area contributed by atoms with Crippen LogP contribution in [0.15, 0.2) is 23.8 Å². The van der Waals surface area contributed by atoms with Crippen molar-refractivity contribution in [2.45, 2.75) is 19.6 Å². The van der Waals surface area contributed by atoms with Gasteiger partial charge < -0.3 is 15.2 Å². The fourth-order valence-corrected chi connectivity index (χ4v) is 1.85. The first-order chi connectivity index (χ1) is 6.74. The number of hydrogen-bond acceptors (Lipinski definition) is 3. The molecule has 2 N–H and O–H groups in total. The van der Waals surface area contributed by atoms with Crippen LogP contribution in [0.5, 0.6) is 0 Å². The second-order valence-corrected chi connectivity index (χ2v) is 4.10. The van der Waals surface area contributed by atoms with Gasteiger partial charge in [-0.05, 0) is 12.0 Å². The predicted octanol–water partition coefficient (Wildman–Crippen LogP) is 1.21. The van der Waals surface area contributed by atoms with E-state index in [4.69, 9.17) is 15.2 Å². The van der Waals surface area contributed by atoms with Crippen LogP contribution < -0.4 is 5.73 Å². The Kier molecular flexibility index (Phi) is 2.72. The van der Waals surface area contributed by atoms with Crippen LogP contribution in [0.4, 0.5) is 0 Å². The maximum Gasteiger partial charge on any atom is 0.166 e. The van der Waals surface area contributed by atoms with E-state index in [2.05, 4.69) is 25.2 Å². The number of allylic oxidation sites excluding steroid dienone is 1. The molecule has 1 saturated heterocycles. The molecule has 3 nitrogen and oxygen atoms in total. The molecule has 1 aliphatic carbocycles. The zero-order valence-electron chi connectivity index (χ0n) is 8.53. The van der Waals surface area contributed by atoms with E-state index >= 15 is 0 Å². The molecule has 14 heavy (non-hydrogen) atoms. The number of rotatable bonds is 2. The van der Waals surface area contributed by atoms with Crippen LogP contribution in [0.2, 0.25) is 0 Å². The summed E-state index contributed by atoms with van der Waals surface area (Å²) in [7, 11) is 0. The van der Waals surface area contributed by atoms with Gasteiger partial charge in [-0.3, -0.25) is 0 Å². The van der Waals surface area contributed by atoms with Gasteiger partial charge in [0, 0.05) is 12.0 Å². The van der Waals surface area contributed by atoms with Crippen molar-refractivity contribution in [1.82, 2.24) is 0 Å². The van der Waals surface area contributed by atoms with Crippen molar-refractivity contribution in [2.24, 2.45) is 11.1 Å². The van der Waals surface area contributed by atoms with E-state index in [0.717, 1.165) is 6.42 Å². The first-order valence-corrected chi connectivity index (χ1v) is 5.06. The van der Waals surface area contributed by atoms with Crippen LogP contribution >= 0.6 is 0 Å². The molecular weight excluding hydrogens is 178 g/mol. The predicted molar refractivity (Wildman–Crippen MR) is 54.7 cm³/mol. The molecule has 1 heterocycles. The largest absolute Gasteiger partial charge is 0.349 e. The van der Waals surface area contributed by atoms with E-state index in [0.29, 0.717) is 19.8 Å². The van der Waals surface area contributed by atoms with Crippen LogP contribution in [-0.2, 0) is 9.47 Å². The first kappa shape index (κ1) is 9.90. The monoisotopic (exact) mass is 195 g/mol. The third-order valence-electron chi connectivity index (χ3n) is 2.88. The number of nitrogens with two attached hydrogens (primary N) is 1. The SMILES string of the molecule is CC1(C2OCCO2)C=CC(CN)=CC1. The molecule has 0 amide bonds. The van der Waals surface area contributed by atoms with Gasteiger partial charge in [0.25, 0.3) is 0 Å². The lowest BCUT2D eigenvalue weighted by Crippen LogP contribution is -2.32. The molecule has 0 aromatic heterocycles. The molecule has 1 atom stereocenters. The second-order valence-electron chi connectivity index (χ2n) is 4.10. The van der Waals surface area contributed by atoms with E-state index in [1.165, 1.54) is 5.57 Å². The van der Waals surface area contributed by atoms with Gasteiger partial charge in [0.05, 0.1) is 13.2 Å². The standard InChI is InChI=1S/C11H17NO2/c1-11(10-13-6-7-14-10)4-2-9(8-12)3-5-11/h2-4,10H,5-8,12H2,1H3. The van der Waals surface area contributed by atoms with Gasteiger partial charge in [0.2, 0.25) is 0 Å². The van der Waals surface area contributed by atoms with Gasteiger partial charge in [-0.2, -0.15) is 0 Å². The lowest BCUT2D eigenvalue weighted by Gasteiger charge is -2.32. The molecule has 2 aliphatic rings. The van der Waals surface area contributed by atoms with Gasteiger partial charge in [-0.1, -0.05) is 25.2 Å². The van der Waals surface area contributed by atoms with E-state index < -0.39 is 0 Å². The summed E-state index contributed by atoms with van der Waals surface area (Å²) in [6.45, 7) is 4.19. The van der Waals surface area contributed by atoms with Crippen molar-refractivity contribution in [3.8, 4) is 0 Å². The van der Waals surface area contributed by atoms with E-state index in [1.54, 1.807) is 0 Å². The number of hydrogen-bond donors (Lipinski definition) is 1. The Hall–Kier alpha value is -0.640. The molecule has 1 fully saturated rings. The average molecular weight is 195 g/mol. The Balaban J connectivity index is 2.05. The summed E-state index contributed by atoms with van der Waals surface area (Å²) in [6, 6.07) is 0. The lowest BCUT2D eigenvalue weighted by atomic mass is 9.81. The molecule has 78 valence electrons. The molecule has 1 aliphatic heterocycles. The van der Waals surface area contributed by atoms with Gasteiger partial charge in [0.15, 0.2) is 6.29 Å². The summed E-state index contributed by atoms with van der Waals surface area (Å²) in [6.07, 6.45) is 7.26. The quantitative estimate of drug-likeness (QED) is 0.720. The highest BCUT2D eigenvalue weighted by molar-refractivity contribution is 5.27. The van der Waals surface area contributed by atoms with Crippen LogP contribution in [0.25, 0.3) is 0 Å². The average Bonchev–Trinajstić information content (AvgIpc) is 2.72. The fourth-order valence-electron chi connectivity index (χ4n) is 1.85. The van der Waals surface area contributed by atoms with Gasteiger partial charge in [-0.25, -0.2) is 0 Å². The summed E-state index contributed by atoms with van der Waals surface area (Å²) in [4.78, 5) is 0. The summed E-state index contributed by atoms with van der Waals surface area (Å²) >= 11 is 0. The van der Waals surface area contributed by atoms with Crippen molar-refractivity contribution >= 4 is 0 Å². The normalized spacial score (nSPS) is 33.4. The minimum Gasteiger partial charge on any atom is -0.349 e. The van der Waals surface area contributed by atoms with E-state index in [9.17, 15) is 0 Å². The highest BCUT2D eigenvalue weighted by Gasteiger charge is 2.36. The third-order valence-corrected chi connectivity index (χ3v) is 2.88. The topological polar surface area (TPSA) is 44.5 Å². The minimum atomic E-state index is -0.0886. The van der Waals surface area contributed by atoms with Crippen molar-refractivity contribution in [3.63, 3.8) is 0 Å². The summed E-state index contributed by atoms with van der Waals surface area (Å²) in [5, 5.41) is 0. The van der Waals surface area contributed by atoms with Gasteiger partial charge in [-0.15, -0.1) is 0 Å². The second kappa shape index (κ2) is 3.85. The van der Waals surface area contributed by atoms with Gasteiger partial charge in [0.1, 0.15) is 0 Å². The van der Waals surface area contributed by atoms with E-state index in [-0.39, 0.29) is 11.7 Å². The molecule has 0 aromatic rings. The zero-order valence-corrected chi connectivity index (χ0v) is 8.53. The summed E-state index contributed by atoms with van der Waals surface area (Å²) in [5.74, 6) is 0. The molecule has 0 radical (unpaired) electrons. The van der Waals surface area contributed by atoms with E-state index in [1.807, 2.05) is 0 Å². The molecular formula is C11H17NO2. The summed E-state index contributed by atoms with van der Waals surface area (Å²) < 4.78 is 11.1. The smallest absolute Gasteiger partial charge is 0.166 e. The molecule has 3 heteroatoms. The van der Waals surface area contributed by atoms with Crippen LogP contribution in [-0.4, -0.2) is 26.0 Å². The maximum atomic E-state index is 5.56. The Labute approximate surface area is 84.6 Å². The van der Waals surface area contributed by atoms with Crippen LogP contribution in [0.3, 0.4) is 0 Å². The Morgan fingerprint density at radius 1 is 1.50 bits per heavy atom. The van der Waals surface area contributed by atoms with Crippen molar-refractivity contribution in [1.29, 1.82) is 0 Å². The van der Waals surface area contributed by atoms with Gasteiger partial charge >= 0.3 is 0 Å². The molecule has 2 rings (SSSR count). The zero-order chi connectivity index (χ0) is 10.0. The van der Waals surface area contributed by atoms with Crippen molar-refractivity contribution in [2.75, 3.05) is 19.8 Å². The Bertz CT molecular complexity index is 266. The highest BCUT2D eigenvalue weighted by atomic mass is 16.7. The Morgan fingerprint density at radius 2 is 2.21 bits per heavy atom. The Morgan fingerprint density at radius 3 is 2.71 bits per heavy atom. The van der Waals surface area contributed by atoms with Crippen LogP contribution in [0.1, 0.15) is 13.3 Å². The highest BCUT2D eigenvalue weighted by Crippen LogP contribution is 2.36. The maximum absolute atomic E-state index is 5.56. The molecule has 1 unspecified atom stereocenters.